The highest BCUT2D eigenvalue weighted by Crippen LogP contribution is 2.25. The summed E-state index contributed by atoms with van der Waals surface area (Å²) in [5.74, 6) is -1.48. The van der Waals surface area contributed by atoms with Crippen molar-refractivity contribution in [1.82, 2.24) is 5.32 Å². The molecule has 2 amide bonds. The van der Waals surface area contributed by atoms with E-state index in [9.17, 15) is 14.7 Å². The topological polar surface area (TPSA) is 92.4 Å². The number of carbonyl (C=O) groups is 2. The van der Waals surface area contributed by atoms with Crippen LogP contribution in [-0.4, -0.2) is 23.0 Å². The Morgan fingerprint density at radius 1 is 1.04 bits per heavy atom. The largest absolute Gasteiger partial charge is 0.378 e. The van der Waals surface area contributed by atoms with Gasteiger partial charge in [0.15, 0.2) is 6.10 Å². The maximum Gasteiger partial charge on any atom is 0.254 e. The van der Waals surface area contributed by atoms with Crippen molar-refractivity contribution in [1.29, 1.82) is 0 Å². The summed E-state index contributed by atoms with van der Waals surface area (Å²) in [7, 11) is 0. The molecule has 0 saturated heterocycles. The van der Waals surface area contributed by atoms with Crippen LogP contribution in [0.25, 0.3) is 0 Å². The maximum atomic E-state index is 12.2. The first-order chi connectivity index (χ1) is 11.4. The lowest BCUT2D eigenvalue weighted by molar-refractivity contribution is -0.133. The van der Waals surface area contributed by atoms with Crippen molar-refractivity contribution in [2.24, 2.45) is 5.73 Å². The first-order valence-electron chi connectivity index (χ1n) is 7.15. The Hall–Kier alpha value is -2.08. The van der Waals surface area contributed by atoms with Gasteiger partial charge < -0.3 is 16.2 Å². The quantitative estimate of drug-likeness (QED) is 0.731. The van der Waals surface area contributed by atoms with Crippen LogP contribution in [0.3, 0.4) is 0 Å². The zero-order valence-electron chi connectivity index (χ0n) is 12.6. The summed E-state index contributed by atoms with van der Waals surface area (Å²) < 4.78 is 0. The standard InChI is InChI=1S/C17H16Cl2N2O3/c18-12-7-4-8-13(19)11(12)9-14(16(20)23)21-17(24)15(22)10-5-2-1-3-6-10/h1-8,14-15,22H,9H2,(H2,20,23)(H,21,24)/t14-,15+/m1/s1. The number of amides is 2. The van der Waals surface area contributed by atoms with E-state index in [0.717, 1.165) is 0 Å². The van der Waals surface area contributed by atoms with E-state index in [0.29, 0.717) is 21.2 Å². The average Bonchev–Trinajstić information content (AvgIpc) is 2.57. The van der Waals surface area contributed by atoms with Gasteiger partial charge in [-0.05, 0) is 23.3 Å². The van der Waals surface area contributed by atoms with Gasteiger partial charge in [-0.2, -0.15) is 0 Å². The summed E-state index contributed by atoms with van der Waals surface area (Å²) >= 11 is 12.1. The van der Waals surface area contributed by atoms with E-state index in [2.05, 4.69) is 5.32 Å². The van der Waals surface area contributed by atoms with E-state index in [1.807, 2.05) is 0 Å². The number of hydrogen-bond acceptors (Lipinski definition) is 3. The fourth-order valence-corrected chi connectivity index (χ4v) is 2.74. The highest BCUT2D eigenvalue weighted by atomic mass is 35.5. The molecular formula is C17H16Cl2N2O3. The van der Waals surface area contributed by atoms with Gasteiger partial charge in [-0.3, -0.25) is 9.59 Å². The van der Waals surface area contributed by atoms with E-state index in [1.54, 1.807) is 48.5 Å². The SMILES string of the molecule is NC(=O)[C@@H](Cc1c(Cl)cccc1Cl)NC(=O)[C@@H](O)c1ccccc1. The molecule has 2 rings (SSSR count). The van der Waals surface area contributed by atoms with Gasteiger partial charge in [-0.25, -0.2) is 0 Å². The summed E-state index contributed by atoms with van der Waals surface area (Å²) in [4.78, 5) is 23.8. The van der Waals surface area contributed by atoms with E-state index < -0.39 is 24.0 Å². The molecule has 0 aliphatic heterocycles. The summed E-state index contributed by atoms with van der Waals surface area (Å²) in [6, 6.07) is 12.2. The number of nitrogens with one attached hydrogen (secondary N) is 1. The summed E-state index contributed by atoms with van der Waals surface area (Å²) in [6.07, 6.45) is -1.38. The van der Waals surface area contributed by atoms with Crippen molar-refractivity contribution >= 4 is 35.0 Å². The molecule has 2 aromatic rings. The van der Waals surface area contributed by atoms with Crippen LogP contribution in [0, 0.1) is 0 Å². The number of aliphatic hydroxyl groups is 1. The van der Waals surface area contributed by atoms with E-state index in [-0.39, 0.29) is 6.42 Å². The molecule has 0 fully saturated rings. The molecule has 126 valence electrons. The van der Waals surface area contributed by atoms with Gasteiger partial charge in [-0.1, -0.05) is 59.6 Å². The minimum absolute atomic E-state index is 0.0289. The van der Waals surface area contributed by atoms with Crippen molar-refractivity contribution < 1.29 is 14.7 Å². The van der Waals surface area contributed by atoms with Crippen LogP contribution in [0.4, 0.5) is 0 Å². The lowest BCUT2D eigenvalue weighted by Crippen LogP contribution is -2.47. The molecule has 5 nitrogen and oxygen atoms in total. The molecule has 0 unspecified atom stereocenters. The molecule has 0 bridgehead atoms. The lowest BCUT2D eigenvalue weighted by atomic mass is 10.0. The summed E-state index contributed by atoms with van der Waals surface area (Å²) in [6.45, 7) is 0. The first kappa shape index (κ1) is 18.3. The van der Waals surface area contributed by atoms with Gasteiger partial charge in [0.25, 0.3) is 5.91 Å². The number of rotatable bonds is 6. The highest BCUT2D eigenvalue weighted by Gasteiger charge is 2.25. The third-order valence-electron chi connectivity index (χ3n) is 3.49. The predicted molar refractivity (Wildman–Crippen MR) is 92.7 cm³/mol. The third-order valence-corrected chi connectivity index (χ3v) is 4.20. The van der Waals surface area contributed by atoms with Crippen molar-refractivity contribution in [2.45, 2.75) is 18.6 Å². The molecule has 0 radical (unpaired) electrons. The van der Waals surface area contributed by atoms with Crippen molar-refractivity contribution in [3.8, 4) is 0 Å². The van der Waals surface area contributed by atoms with Crippen LogP contribution in [0.5, 0.6) is 0 Å². The zero-order valence-corrected chi connectivity index (χ0v) is 14.1. The summed E-state index contributed by atoms with van der Waals surface area (Å²) in [5, 5.41) is 13.3. The molecule has 24 heavy (non-hydrogen) atoms. The summed E-state index contributed by atoms with van der Waals surface area (Å²) in [5.41, 5.74) is 6.26. The monoisotopic (exact) mass is 366 g/mol. The number of aliphatic hydroxyl groups excluding tert-OH is 1. The van der Waals surface area contributed by atoms with Crippen LogP contribution < -0.4 is 11.1 Å². The Labute approximate surface area is 149 Å². The Balaban J connectivity index is 2.14. The van der Waals surface area contributed by atoms with Gasteiger partial charge in [0.1, 0.15) is 6.04 Å². The van der Waals surface area contributed by atoms with E-state index in [4.69, 9.17) is 28.9 Å². The van der Waals surface area contributed by atoms with Crippen molar-refractivity contribution in [3.05, 3.63) is 69.7 Å². The Bertz CT molecular complexity index is 718. The molecule has 7 heteroatoms. The van der Waals surface area contributed by atoms with Crippen LogP contribution in [0.2, 0.25) is 10.0 Å². The molecule has 0 aliphatic rings. The second-order valence-electron chi connectivity index (χ2n) is 5.18. The van der Waals surface area contributed by atoms with E-state index in [1.165, 1.54) is 0 Å². The molecule has 2 atom stereocenters. The number of hydrogen-bond donors (Lipinski definition) is 3. The number of halogens is 2. The molecule has 2 aromatic carbocycles. The van der Waals surface area contributed by atoms with Crippen LogP contribution in [0.15, 0.2) is 48.5 Å². The van der Waals surface area contributed by atoms with Gasteiger partial charge in [0.2, 0.25) is 5.91 Å². The highest BCUT2D eigenvalue weighted by molar-refractivity contribution is 6.36. The van der Waals surface area contributed by atoms with Crippen molar-refractivity contribution in [3.63, 3.8) is 0 Å². The minimum Gasteiger partial charge on any atom is -0.378 e. The second kappa shape index (κ2) is 8.15. The molecule has 0 aromatic heterocycles. The normalized spacial score (nSPS) is 13.1. The van der Waals surface area contributed by atoms with Gasteiger partial charge >= 0.3 is 0 Å². The minimum atomic E-state index is -1.41. The van der Waals surface area contributed by atoms with Gasteiger partial charge in [-0.15, -0.1) is 0 Å². The van der Waals surface area contributed by atoms with Crippen LogP contribution in [-0.2, 0) is 16.0 Å². The molecule has 0 saturated carbocycles. The predicted octanol–water partition coefficient (Wildman–Crippen LogP) is 2.24. The fourth-order valence-electron chi connectivity index (χ4n) is 2.19. The maximum absolute atomic E-state index is 12.2. The lowest BCUT2D eigenvalue weighted by Gasteiger charge is -2.19. The van der Waals surface area contributed by atoms with E-state index >= 15 is 0 Å². The van der Waals surface area contributed by atoms with Crippen LogP contribution >= 0.6 is 23.2 Å². The third kappa shape index (κ3) is 4.47. The Kier molecular flexibility index (Phi) is 6.20. The second-order valence-corrected chi connectivity index (χ2v) is 6.00. The number of nitrogens with two attached hydrogens (primary N) is 1. The van der Waals surface area contributed by atoms with Gasteiger partial charge in [0.05, 0.1) is 0 Å². The Morgan fingerprint density at radius 3 is 2.17 bits per heavy atom. The van der Waals surface area contributed by atoms with Gasteiger partial charge in [0, 0.05) is 16.5 Å². The molecule has 4 N–H and O–H groups in total. The smallest absolute Gasteiger partial charge is 0.254 e. The zero-order chi connectivity index (χ0) is 17.7. The first-order valence-corrected chi connectivity index (χ1v) is 7.91. The number of benzene rings is 2. The number of primary amides is 1. The number of carbonyl (C=O) groups excluding carboxylic acids is 2. The molecule has 0 spiro atoms. The molecular weight excluding hydrogens is 351 g/mol. The molecule has 0 heterocycles. The van der Waals surface area contributed by atoms with Crippen molar-refractivity contribution in [2.75, 3.05) is 0 Å². The molecule has 0 aliphatic carbocycles. The Morgan fingerprint density at radius 2 is 1.62 bits per heavy atom. The fraction of sp³-hybridized carbons (Fsp3) is 0.176. The average molecular weight is 367 g/mol. The van der Waals surface area contributed by atoms with Crippen LogP contribution in [0.1, 0.15) is 17.2 Å².